The first-order chi connectivity index (χ1) is 8.17. The maximum atomic E-state index is 10.5. The lowest BCUT2D eigenvalue weighted by Gasteiger charge is -2.38. The van der Waals surface area contributed by atoms with Crippen LogP contribution in [0.25, 0.3) is 0 Å². The summed E-state index contributed by atoms with van der Waals surface area (Å²) < 4.78 is 5.44. The van der Waals surface area contributed by atoms with Crippen molar-refractivity contribution in [3.05, 3.63) is 24.0 Å². The monoisotopic (exact) mass is 251 g/mol. The van der Waals surface area contributed by atoms with Gasteiger partial charge in [-0.05, 0) is 33.8 Å². The quantitative estimate of drug-likeness (QED) is 0.575. The van der Waals surface area contributed by atoms with Crippen molar-refractivity contribution in [1.82, 2.24) is 4.98 Å². The summed E-state index contributed by atoms with van der Waals surface area (Å²) in [5, 5.41) is 19.8. The van der Waals surface area contributed by atoms with E-state index in [9.17, 15) is 14.9 Å². The standard InChI is InChI=1S/C12H18BNO4/c1-11(2,16)12(3,4)18-13(17)9-5-6-10(8-15)14-7-9/h5-8,16-17H,1-4H3. The molecule has 1 aromatic rings. The SMILES string of the molecule is CC(C)(O)C(C)(C)OB(O)c1ccc(C=O)nc1. The van der Waals surface area contributed by atoms with Crippen LogP contribution in [0.1, 0.15) is 38.2 Å². The Morgan fingerprint density at radius 1 is 1.33 bits per heavy atom. The Bertz CT molecular complexity index is 411. The zero-order valence-electron chi connectivity index (χ0n) is 11.0. The highest BCUT2D eigenvalue weighted by Crippen LogP contribution is 2.25. The van der Waals surface area contributed by atoms with Crippen molar-refractivity contribution < 1.29 is 19.6 Å². The lowest BCUT2D eigenvalue weighted by molar-refractivity contribution is -0.0982. The Balaban J connectivity index is 2.81. The summed E-state index contributed by atoms with van der Waals surface area (Å²) in [7, 11) is -1.21. The maximum Gasteiger partial charge on any atom is 0.493 e. The fourth-order valence-electron chi connectivity index (χ4n) is 1.12. The average molecular weight is 251 g/mol. The molecule has 0 aliphatic rings. The highest BCUT2D eigenvalue weighted by molar-refractivity contribution is 6.60. The first-order valence-corrected chi connectivity index (χ1v) is 5.67. The molecule has 1 rings (SSSR count). The summed E-state index contributed by atoms with van der Waals surface area (Å²) in [6.07, 6.45) is 1.99. The van der Waals surface area contributed by atoms with Crippen LogP contribution >= 0.6 is 0 Å². The van der Waals surface area contributed by atoms with Crippen LogP contribution in [-0.2, 0) is 4.65 Å². The van der Waals surface area contributed by atoms with E-state index in [4.69, 9.17) is 4.65 Å². The molecule has 0 aliphatic carbocycles. The van der Waals surface area contributed by atoms with Gasteiger partial charge in [-0.3, -0.25) is 9.78 Å². The third-order valence-corrected chi connectivity index (χ3v) is 3.09. The van der Waals surface area contributed by atoms with Gasteiger partial charge in [0.15, 0.2) is 6.29 Å². The lowest BCUT2D eigenvalue weighted by Crippen LogP contribution is -2.53. The summed E-state index contributed by atoms with van der Waals surface area (Å²) in [5.74, 6) is 0. The van der Waals surface area contributed by atoms with Gasteiger partial charge in [0.25, 0.3) is 0 Å². The van der Waals surface area contributed by atoms with Gasteiger partial charge in [0.2, 0.25) is 0 Å². The highest BCUT2D eigenvalue weighted by Gasteiger charge is 2.39. The fraction of sp³-hybridized carbons (Fsp3) is 0.500. The Hall–Kier alpha value is -1.24. The van der Waals surface area contributed by atoms with Crippen molar-refractivity contribution in [3.63, 3.8) is 0 Å². The molecule has 6 heteroatoms. The molecular weight excluding hydrogens is 233 g/mol. The van der Waals surface area contributed by atoms with Crippen molar-refractivity contribution in [2.75, 3.05) is 0 Å². The van der Waals surface area contributed by atoms with Crippen LogP contribution in [0.15, 0.2) is 18.3 Å². The van der Waals surface area contributed by atoms with Crippen LogP contribution in [0.5, 0.6) is 0 Å². The zero-order valence-corrected chi connectivity index (χ0v) is 11.0. The van der Waals surface area contributed by atoms with Crippen LogP contribution in [-0.4, -0.2) is 39.7 Å². The fourth-order valence-corrected chi connectivity index (χ4v) is 1.12. The molecule has 0 fully saturated rings. The molecule has 0 radical (unpaired) electrons. The van der Waals surface area contributed by atoms with Crippen molar-refractivity contribution >= 4 is 18.9 Å². The predicted molar refractivity (Wildman–Crippen MR) is 68.7 cm³/mol. The predicted octanol–water partition coefficient (Wildman–Crippen LogP) is 0.148. The Morgan fingerprint density at radius 2 is 1.94 bits per heavy atom. The molecule has 0 spiro atoms. The van der Waals surface area contributed by atoms with Crippen molar-refractivity contribution in [1.29, 1.82) is 0 Å². The first kappa shape index (κ1) is 14.8. The zero-order chi connectivity index (χ0) is 14.0. The lowest BCUT2D eigenvalue weighted by atomic mass is 9.77. The van der Waals surface area contributed by atoms with Crippen LogP contribution in [0.4, 0.5) is 0 Å². The van der Waals surface area contributed by atoms with E-state index in [1.807, 2.05) is 0 Å². The molecule has 0 amide bonds. The second-order valence-electron chi connectivity index (χ2n) is 5.17. The number of aliphatic hydroxyl groups is 1. The van der Waals surface area contributed by atoms with Gasteiger partial charge in [-0.1, -0.05) is 6.07 Å². The number of rotatable bonds is 5. The van der Waals surface area contributed by atoms with Gasteiger partial charge >= 0.3 is 7.12 Å². The van der Waals surface area contributed by atoms with E-state index in [2.05, 4.69) is 4.98 Å². The Morgan fingerprint density at radius 3 is 2.33 bits per heavy atom. The summed E-state index contributed by atoms with van der Waals surface area (Å²) in [5.41, 5.74) is -1.33. The van der Waals surface area contributed by atoms with Crippen LogP contribution in [0.2, 0.25) is 0 Å². The average Bonchev–Trinajstić information content (AvgIpc) is 2.27. The van der Waals surface area contributed by atoms with Gasteiger partial charge in [0.05, 0.1) is 11.2 Å². The normalized spacial score (nSPS) is 12.3. The summed E-state index contributed by atoms with van der Waals surface area (Å²) in [6.45, 7) is 6.58. The molecule has 0 saturated carbocycles. The number of aldehydes is 1. The van der Waals surface area contributed by atoms with E-state index in [0.717, 1.165) is 0 Å². The van der Waals surface area contributed by atoms with E-state index in [-0.39, 0.29) is 5.69 Å². The van der Waals surface area contributed by atoms with Crippen LogP contribution in [0.3, 0.4) is 0 Å². The molecule has 0 aliphatic heterocycles. The minimum Gasteiger partial charge on any atom is -0.423 e. The summed E-state index contributed by atoms with van der Waals surface area (Å²) in [4.78, 5) is 14.3. The van der Waals surface area contributed by atoms with Gasteiger partial charge in [-0.15, -0.1) is 0 Å². The van der Waals surface area contributed by atoms with E-state index >= 15 is 0 Å². The molecule has 0 atom stereocenters. The molecule has 1 heterocycles. The number of pyridine rings is 1. The summed E-state index contributed by atoms with van der Waals surface area (Å²) in [6, 6.07) is 3.05. The molecule has 98 valence electrons. The van der Waals surface area contributed by atoms with Gasteiger partial charge < -0.3 is 14.8 Å². The van der Waals surface area contributed by atoms with Crippen LogP contribution < -0.4 is 5.46 Å². The highest BCUT2D eigenvalue weighted by atomic mass is 16.5. The Kier molecular flexibility index (Phi) is 4.26. The minimum absolute atomic E-state index is 0.285. The largest absolute Gasteiger partial charge is 0.493 e. The van der Waals surface area contributed by atoms with Crippen molar-refractivity contribution in [2.45, 2.75) is 38.9 Å². The second kappa shape index (κ2) is 5.18. The van der Waals surface area contributed by atoms with Crippen molar-refractivity contribution in [2.24, 2.45) is 0 Å². The van der Waals surface area contributed by atoms with E-state index in [1.54, 1.807) is 33.8 Å². The summed E-state index contributed by atoms with van der Waals surface area (Å²) >= 11 is 0. The number of carbonyl (C=O) groups is 1. The number of nitrogens with zero attached hydrogens (tertiary/aromatic N) is 1. The molecule has 0 unspecified atom stereocenters. The molecule has 1 aromatic heterocycles. The molecule has 18 heavy (non-hydrogen) atoms. The Labute approximate surface area is 107 Å². The third-order valence-electron chi connectivity index (χ3n) is 3.09. The topological polar surface area (TPSA) is 79.6 Å². The minimum atomic E-state index is -1.21. The maximum absolute atomic E-state index is 10.5. The molecule has 0 aromatic carbocycles. The van der Waals surface area contributed by atoms with E-state index < -0.39 is 18.3 Å². The van der Waals surface area contributed by atoms with Crippen LogP contribution in [0, 0.1) is 0 Å². The molecular formula is C12H18BNO4. The van der Waals surface area contributed by atoms with Gasteiger partial charge in [-0.2, -0.15) is 0 Å². The number of carbonyl (C=O) groups excluding carboxylic acids is 1. The van der Waals surface area contributed by atoms with E-state index in [1.165, 1.54) is 12.3 Å². The number of hydrogen-bond acceptors (Lipinski definition) is 5. The van der Waals surface area contributed by atoms with Gasteiger partial charge in [-0.25, -0.2) is 0 Å². The second-order valence-corrected chi connectivity index (χ2v) is 5.17. The molecule has 0 saturated heterocycles. The first-order valence-electron chi connectivity index (χ1n) is 5.67. The molecule has 2 N–H and O–H groups in total. The third kappa shape index (κ3) is 3.38. The van der Waals surface area contributed by atoms with Gasteiger partial charge in [0.1, 0.15) is 5.69 Å². The number of hydrogen-bond donors (Lipinski definition) is 2. The molecule has 5 nitrogen and oxygen atoms in total. The van der Waals surface area contributed by atoms with E-state index in [0.29, 0.717) is 11.7 Å². The van der Waals surface area contributed by atoms with Gasteiger partial charge in [0, 0.05) is 11.7 Å². The molecule has 0 bridgehead atoms. The van der Waals surface area contributed by atoms with Crippen molar-refractivity contribution in [3.8, 4) is 0 Å². The smallest absolute Gasteiger partial charge is 0.423 e. The number of aromatic nitrogens is 1.